The molecular formula is C16H16BrNOS2. The Morgan fingerprint density at radius 2 is 2.00 bits per heavy atom. The van der Waals surface area contributed by atoms with Gasteiger partial charge in [0.05, 0.1) is 3.79 Å². The molecule has 0 saturated carbocycles. The van der Waals surface area contributed by atoms with Crippen LogP contribution in [0.4, 0.5) is 0 Å². The van der Waals surface area contributed by atoms with Gasteiger partial charge in [0.2, 0.25) is 5.91 Å². The molecule has 0 spiro atoms. The van der Waals surface area contributed by atoms with Crippen LogP contribution in [0, 0.1) is 0 Å². The van der Waals surface area contributed by atoms with E-state index in [4.69, 9.17) is 0 Å². The zero-order valence-electron chi connectivity index (χ0n) is 11.9. The Bertz CT molecular complexity index is 634. The van der Waals surface area contributed by atoms with E-state index in [-0.39, 0.29) is 5.91 Å². The number of thiophene rings is 1. The van der Waals surface area contributed by atoms with Crippen LogP contribution < -0.4 is 0 Å². The molecule has 1 heterocycles. The van der Waals surface area contributed by atoms with Gasteiger partial charge in [0, 0.05) is 29.4 Å². The molecule has 1 aromatic heterocycles. The van der Waals surface area contributed by atoms with Crippen LogP contribution in [-0.2, 0) is 11.3 Å². The third kappa shape index (κ3) is 5.02. The lowest BCUT2D eigenvalue weighted by Gasteiger charge is -2.15. The fourth-order valence-electron chi connectivity index (χ4n) is 1.78. The van der Waals surface area contributed by atoms with Crippen LogP contribution in [0.1, 0.15) is 10.4 Å². The van der Waals surface area contributed by atoms with Crippen LogP contribution in [0.15, 0.2) is 51.2 Å². The monoisotopic (exact) mass is 381 g/mol. The maximum atomic E-state index is 12.1. The minimum atomic E-state index is 0.00784. The average molecular weight is 382 g/mol. The molecule has 0 radical (unpaired) electrons. The topological polar surface area (TPSA) is 20.3 Å². The van der Waals surface area contributed by atoms with E-state index in [0.29, 0.717) is 6.54 Å². The van der Waals surface area contributed by atoms with Gasteiger partial charge in [0.15, 0.2) is 0 Å². The summed E-state index contributed by atoms with van der Waals surface area (Å²) in [7, 11) is 1.82. The maximum absolute atomic E-state index is 12.1. The lowest BCUT2D eigenvalue weighted by atomic mass is 10.2. The molecule has 0 fully saturated rings. The SMILES string of the molecule is CSc1ccc(CN(C)C(=O)/C=C/c2ccc(Br)s2)cc1. The summed E-state index contributed by atoms with van der Waals surface area (Å²) in [6, 6.07) is 12.3. The third-order valence-electron chi connectivity index (χ3n) is 2.94. The second kappa shape index (κ2) is 7.82. The van der Waals surface area contributed by atoms with E-state index in [1.54, 1.807) is 34.1 Å². The number of carbonyl (C=O) groups excluding carboxylic acids is 1. The lowest BCUT2D eigenvalue weighted by Crippen LogP contribution is -2.24. The molecule has 110 valence electrons. The highest BCUT2D eigenvalue weighted by atomic mass is 79.9. The zero-order chi connectivity index (χ0) is 15.2. The van der Waals surface area contributed by atoms with Crippen molar-refractivity contribution in [3.63, 3.8) is 0 Å². The second-order valence-corrected chi connectivity index (χ2v) is 7.89. The Kier molecular flexibility index (Phi) is 6.08. The summed E-state index contributed by atoms with van der Waals surface area (Å²) < 4.78 is 1.07. The smallest absolute Gasteiger partial charge is 0.246 e. The van der Waals surface area contributed by atoms with Crippen LogP contribution in [0.3, 0.4) is 0 Å². The van der Waals surface area contributed by atoms with E-state index in [9.17, 15) is 4.79 Å². The number of rotatable bonds is 5. The highest BCUT2D eigenvalue weighted by Crippen LogP contribution is 2.23. The van der Waals surface area contributed by atoms with Crippen LogP contribution in [-0.4, -0.2) is 24.1 Å². The Labute approximate surface area is 142 Å². The number of benzene rings is 1. The highest BCUT2D eigenvalue weighted by Gasteiger charge is 2.06. The standard InChI is InChI=1S/C16H16BrNOS2/c1-18(11-12-3-5-13(20-2)6-4-12)16(19)10-8-14-7-9-15(17)21-14/h3-10H,11H2,1-2H3/b10-8+. The maximum Gasteiger partial charge on any atom is 0.246 e. The normalized spacial score (nSPS) is 11.0. The molecule has 2 nitrogen and oxygen atoms in total. The van der Waals surface area contributed by atoms with Crippen LogP contribution in [0.25, 0.3) is 6.08 Å². The number of amides is 1. The van der Waals surface area contributed by atoms with E-state index in [1.165, 1.54) is 4.90 Å². The molecule has 1 amide bonds. The van der Waals surface area contributed by atoms with Gasteiger partial charge >= 0.3 is 0 Å². The second-order valence-electron chi connectivity index (χ2n) is 4.52. The highest BCUT2D eigenvalue weighted by molar-refractivity contribution is 9.11. The van der Waals surface area contributed by atoms with Gasteiger partial charge in [0.1, 0.15) is 0 Å². The molecule has 21 heavy (non-hydrogen) atoms. The zero-order valence-corrected chi connectivity index (χ0v) is 15.1. The van der Waals surface area contributed by atoms with Crippen molar-refractivity contribution in [2.75, 3.05) is 13.3 Å². The number of hydrogen-bond donors (Lipinski definition) is 0. The molecule has 0 aliphatic rings. The van der Waals surface area contributed by atoms with Crippen LogP contribution in [0.5, 0.6) is 0 Å². The van der Waals surface area contributed by atoms with Gasteiger partial charge in [-0.05, 0) is 58.1 Å². The minimum absolute atomic E-state index is 0.00784. The van der Waals surface area contributed by atoms with E-state index >= 15 is 0 Å². The summed E-state index contributed by atoms with van der Waals surface area (Å²) >= 11 is 6.73. The van der Waals surface area contributed by atoms with Crippen molar-refractivity contribution in [3.05, 3.63) is 56.7 Å². The Hall–Kier alpha value is -1.04. The van der Waals surface area contributed by atoms with Gasteiger partial charge in [-0.25, -0.2) is 0 Å². The van der Waals surface area contributed by atoms with Crippen LogP contribution >= 0.6 is 39.0 Å². The number of halogens is 1. The molecule has 2 rings (SSSR count). The van der Waals surface area contributed by atoms with Gasteiger partial charge in [-0.2, -0.15) is 0 Å². The number of nitrogens with zero attached hydrogens (tertiary/aromatic N) is 1. The van der Waals surface area contributed by atoms with Crippen molar-refractivity contribution >= 4 is 51.0 Å². The van der Waals surface area contributed by atoms with Gasteiger partial charge in [0.25, 0.3) is 0 Å². The van der Waals surface area contributed by atoms with Crippen molar-refractivity contribution in [3.8, 4) is 0 Å². The molecule has 2 aromatic rings. The molecule has 1 aromatic carbocycles. The molecule has 0 N–H and O–H groups in total. The van der Waals surface area contributed by atoms with Crippen LogP contribution in [0.2, 0.25) is 0 Å². The predicted molar refractivity (Wildman–Crippen MR) is 95.8 cm³/mol. The number of carbonyl (C=O) groups is 1. The van der Waals surface area contributed by atoms with E-state index in [2.05, 4.69) is 46.5 Å². The molecule has 0 aliphatic carbocycles. The first-order valence-corrected chi connectivity index (χ1v) is 9.23. The van der Waals surface area contributed by atoms with Crippen molar-refractivity contribution in [1.82, 2.24) is 4.90 Å². The van der Waals surface area contributed by atoms with E-state index < -0.39 is 0 Å². The summed E-state index contributed by atoms with van der Waals surface area (Å²) in [5, 5.41) is 0. The molecule has 0 unspecified atom stereocenters. The Morgan fingerprint density at radius 1 is 1.29 bits per heavy atom. The molecule has 0 atom stereocenters. The first-order valence-electron chi connectivity index (χ1n) is 6.40. The van der Waals surface area contributed by atoms with Gasteiger partial charge in [-0.3, -0.25) is 4.79 Å². The number of thioether (sulfide) groups is 1. The van der Waals surface area contributed by atoms with E-state index in [0.717, 1.165) is 14.2 Å². The number of hydrogen-bond acceptors (Lipinski definition) is 3. The fraction of sp³-hybridized carbons (Fsp3) is 0.188. The summed E-state index contributed by atoms with van der Waals surface area (Å²) in [6.45, 7) is 0.617. The molecular weight excluding hydrogens is 366 g/mol. The fourth-order valence-corrected chi connectivity index (χ4v) is 3.52. The molecule has 0 saturated heterocycles. The van der Waals surface area contributed by atoms with Crippen molar-refractivity contribution in [2.24, 2.45) is 0 Å². The average Bonchev–Trinajstić information content (AvgIpc) is 2.91. The van der Waals surface area contributed by atoms with Crippen molar-refractivity contribution < 1.29 is 4.79 Å². The molecule has 0 bridgehead atoms. The first-order chi connectivity index (χ1) is 10.1. The Morgan fingerprint density at radius 3 is 2.57 bits per heavy atom. The summed E-state index contributed by atoms with van der Waals surface area (Å²) in [5.74, 6) is 0.00784. The van der Waals surface area contributed by atoms with Crippen molar-refractivity contribution in [1.29, 1.82) is 0 Å². The van der Waals surface area contributed by atoms with E-state index in [1.807, 2.05) is 25.3 Å². The quantitative estimate of drug-likeness (QED) is 0.541. The summed E-state index contributed by atoms with van der Waals surface area (Å²) in [5.41, 5.74) is 1.14. The third-order valence-corrected chi connectivity index (χ3v) is 5.27. The molecule has 0 aliphatic heterocycles. The van der Waals surface area contributed by atoms with Crippen molar-refractivity contribution in [2.45, 2.75) is 11.4 Å². The summed E-state index contributed by atoms with van der Waals surface area (Å²) in [4.78, 5) is 16.1. The predicted octanol–water partition coefficient (Wildman–Crippen LogP) is 4.90. The largest absolute Gasteiger partial charge is 0.338 e. The van der Waals surface area contributed by atoms with Gasteiger partial charge in [-0.15, -0.1) is 23.1 Å². The minimum Gasteiger partial charge on any atom is -0.338 e. The first kappa shape index (κ1) is 16.3. The molecule has 5 heteroatoms. The van der Waals surface area contributed by atoms with Gasteiger partial charge < -0.3 is 4.90 Å². The Balaban J connectivity index is 1.93. The lowest BCUT2D eigenvalue weighted by molar-refractivity contribution is -0.125. The summed E-state index contributed by atoms with van der Waals surface area (Å²) in [6.07, 6.45) is 5.53. The number of likely N-dealkylation sites (N-methyl/N-ethyl adjacent to an activating group) is 1. The van der Waals surface area contributed by atoms with Gasteiger partial charge in [-0.1, -0.05) is 12.1 Å².